The minimum absolute atomic E-state index is 0.00742. The van der Waals surface area contributed by atoms with Gasteiger partial charge in [0.15, 0.2) is 5.82 Å². The van der Waals surface area contributed by atoms with E-state index in [9.17, 15) is 9.59 Å². The van der Waals surface area contributed by atoms with Crippen molar-refractivity contribution in [3.05, 3.63) is 42.1 Å². The molecule has 0 saturated carbocycles. The van der Waals surface area contributed by atoms with Gasteiger partial charge in [-0.1, -0.05) is 12.1 Å². The van der Waals surface area contributed by atoms with E-state index in [1.54, 1.807) is 36.0 Å². The molecular formula is C17H20N4O3. The molecule has 3 rings (SSSR count). The molecule has 2 heterocycles. The summed E-state index contributed by atoms with van der Waals surface area (Å²) in [6.07, 6.45) is 1.99. The zero-order valence-electron chi connectivity index (χ0n) is 13.7. The molecule has 1 atom stereocenters. The van der Waals surface area contributed by atoms with Crippen molar-refractivity contribution in [2.45, 2.75) is 13.0 Å². The molecule has 1 aliphatic heterocycles. The Kier molecular flexibility index (Phi) is 4.50. The van der Waals surface area contributed by atoms with Crippen LogP contribution in [0.25, 0.3) is 0 Å². The number of aryl methyl sites for hydroxylation is 1. The number of benzene rings is 1. The standard InChI is InChI=1S/C17H20N4O3/c1-20-8-7-15(19-20)18-17(23)13-9-16(22)21(11-13)10-12-3-5-14(24-2)6-4-12/h3-8,13H,9-11H2,1-2H3,(H,18,19,23)/t13-/m0/s1. The number of ether oxygens (including phenoxy) is 1. The fourth-order valence-electron chi connectivity index (χ4n) is 2.76. The zero-order chi connectivity index (χ0) is 17.1. The van der Waals surface area contributed by atoms with Gasteiger partial charge >= 0.3 is 0 Å². The SMILES string of the molecule is COc1ccc(CN2C[C@@H](C(=O)Nc3ccn(C)n3)CC2=O)cc1. The molecule has 1 fully saturated rings. The van der Waals surface area contributed by atoms with Crippen LogP contribution in [0.3, 0.4) is 0 Å². The Morgan fingerprint density at radius 1 is 1.33 bits per heavy atom. The van der Waals surface area contributed by atoms with Crippen molar-refractivity contribution < 1.29 is 14.3 Å². The highest BCUT2D eigenvalue weighted by Crippen LogP contribution is 2.22. The summed E-state index contributed by atoms with van der Waals surface area (Å²) in [6, 6.07) is 9.30. The first-order valence-corrected chi connectivity index (χ1v) is 7.76. The Balaban J connectivity index is 1.59. The van der Waals surface area contributed by atoms with Gasteiger partial charge in [0, 0.05) is 38.8 Å². The third-order valence-corrected chi connectivity index (χ3v) is 4.08. The van der Waals surface area contributed by atoms with Crippen LogP contribution in [-0.2, 0) is 23.2 Å². The zero-order valence-corrected chi connectivity index (χ0v) is 13.7. The van der Waals surface area contributed by atoms with Crippen LogP contribution in [0.5, 0.6) is 5.75 Å². The number of hydrogen-bond acceptors (Lipinski definition) is 4. The van der Waals surface area contributed by atoms with Crippen LogP contribution in [-0.4, -0.2) is 40.1 Å². The third-order valence-electron chi connectivity index (χ3n) is 4.08. The molecule has 0 spiro atoms. The van der Waals surface area contributed by atoms with Crippen LogP contribution in [0.4, 0.5) is 5.82 Å². The van der Waals surface area contributed by atoms with Gasteiger partial charge in [-0.2, -0.15) is 5.10 Å². The summed E-state index contributed by atoms with van der Waals surface area (Å²) < 4.78 is 6.74. The molecule has 0 radical (unpaired) electrons. The molecule has 24 heavy (non-hydrogen) atoms. The number of likely N-dealkylation sites (tertiary alicyclic amines) is 1. The first-order chi connectivity index (χ1) is 11.5. The van der Waals surface area contributed by atoms with Gasteiger partial charge in [-0.05, 0) is 17.7 Å². The average Bonchev–Trinajstić information content (AvgIpc) is 3.14. The van der Waals surface area contributed by atoms with Crippen LogP contribution in [0.15, 0.2) is 36.5 Å². The van der Waals surface area contributed by atoms with E-state index in [-0.39, 0.29) is 24.2 Å². The first kappa shape index (κ1) is 16.0. The lowest BCUT2D eigenvalue weighted by Gasteiger charge is -2.16. The van der Waals surface area contributed by atoms with E-state index in [4.69, 9.17) is 4.74 Å². The quantitative estimate of drug-likeness (QED) is 0.900. The maximum absolute atomic E-state index is 12.3. The van der Waals surface area contributed by atoms with E-state index >= 15 is 0 Å². The summed E-state index contributed by atoms with van der Waals surface area (Å²) in [5.41, 5.74) is 1.01. The second-order valence-corrected chi connectivity index (χ2v) is 5.89. The van der Waals surface area contributed by atoms with Crippen LogP contribution in [0.2, 0.25) is 0 Å². The van der Waals surface area contributed by atoms with Gasteiger partial charge in [0.05, 0.1) is 13.0 Å². The number of amides is 2. The van der Waals surface area contributed by atoms with Crippen molar-refractivity contribution in [1.29, 1.82) is 0 Å². The fraction of sp³-hybridized carbons (Fsp3) is 0.353. The molecule has 7 heteroatoms. The number of hydrogen-bond donors (Lipinski definition) is 1. The molecule has 1 aromatic heterocycles. The number of carbonyl (C=O) groups is 2. The maximum atomic E-state index is 12.3. The Morgan fingerprint density at radius 2 is 2.08 bits per heavy atom. The van der Waals surface area contributed by atoms with Gasteiger partial charge in [0.1, 0.15) is 5.75 Å². The highest BCUT2D eigenvalue weighted by atomic mass is 16.5. The van der Waals surface area contributed by atoms with E-state index in [1.165, 1.54) is 0 Å². The number of carbonyl (C=O) groups excluding carboxylic acids is 2. The first-order valence-electron chi connectivity index (χ1n) is 7.76. The molecular weight excluding hydrogens is 308 g/mol. The number of rotatable bonds is 5. The molecule has 126 valence electrons. The fourth-order valence-corrected chi connectivity index (χ4v) is 2.76. The smallest absolute Gasteiger partial charge is 0.230 e. The van der Waals surface area contributed by atoms with Crippen LogP contribution in [0.1, 0.15) is 12.0 Å². The van der Waals surface area contributed by atoms with Gasteiger partial charge in [0.2, 0.25) is 11.8 Å². The molecule has 1 saturated heterocycles. The van der Waals surface area contributed by atoms with Crippen molar-refractivity contribution in [3.63, 3.8) is 0 Å². The van der Waals surface area contributed by atoms with E-state index in [0.717, 1.165) is 11.3 Å². The van der Waals surface area contributed by atoms with Crippen LogP contribution >= 0.6 is 0 Å². The molecule has 2 aromatic rings. The molecule has 0 unspecified atom stereocenters. The Labute approximate surface area is 140 Å². The highest BCUT2D eigenvalue weighted by Gasteiger charge is 2.34. The van der Waals surface area contributed by atoms with Gasteiger partial charge in [-0.25, -0.2) is 0 Å². The predicted octanol–water partition coefficient (Wildman–Crippen LogP) is 1.42. The van der Waals surface area contributed by atoms with Crippen LogP contribution in [0, 0.1) is 5.92 Å². The molecule has 2 amide bonds. The monoisotopic (exact) mass is 328 g/mol. The summed E-state index contributed by atoms with van der Waals surface area (Å²) in [6.45, 7) is 0.916. The molecule has 0 bridgehead atoms. The average molecular weight is 328 g/mol. The van der Waals surface area contributed by atoms with E-state index in [0.29, 0.717) is 18.9 Å². The molecule has 1 N–H and O–H groups in total. The molecule has 1 aliphatic rings. The Bertz CT molecular complexity index is 739. The third kappa shape index (κ3) is 3.56. The summed E-state index contributed by atoms with van der Waals surface area (Å²) >= 11 is 0. The van der Waals surface area contributed by atoms with Gasteiger partial charge in [-0.15, -0.1) is 0 Å². The lowest BCUT2D eigenvalue weighted by molar-refractivity contribution is -0.128. The van der Waals surface area contributed by atoms with Crippen molar-refractivity contribution >= 4 is 17.6 Å². The van der Waals surface area contributed by atoms with Gasteiger partial charge in [0.25, 0.3) is 0 Å². The Morgan fingerprint density at radius 3 is 2.71 bits per heavy atom. The highest BCUT2D eigenvalue weighted by molar-refractivity contribution is 5.96. The minimum Gasteiger partial charge on any atom is -0.497 e. The largest absolute Gasteiger partial charge is 0.497 e. The van der Waals surface area contributed by atoms with E-state index in [2.05, 4.69) is 10.4 Å². The second-order valence-electron chi connectivity index (χ2n) is 5.89. The number of aromatic nitrogens is 2. The lowest BCUT2D eigenvalue weighted by atomic mass is 10.1. The molecule has 1 aromatic carbocycles. The summed E-state index contributed by atoms with van der Waals surface area (Å²) in [4.78, 5) is 26.2. The number of nitrogens with zero attached hydrogens (tertiary/aromatic N) is 3. The number of anilines is 1. The molecule has 0 aliphatic carbocycles. The van der Waals surface area contributed by atoms with Crippen molar-refractivity contribution in [3.8, 4) is 5.75 Å². The topological polar surface area (TPSA) is 76.5 Å². The summed E-state index contributed by atoms with van der Waals surface area (Å²) in [7, 11) is 3.40. The van der Waals surface area contributed by atoms with Gasteiger partial charge in [-0.3, -0.25) is 14.3 Å². The number of methoxy groups -OCH3 is 1. The predicted molar refractivity (Wildman–Crippen MR) is 88.4 cm³/mol. The van der Waals surface area contributed by atoms with E-state index < -0.39 is 0 Å². The van der Waals surface area contributed by atoms with E-state index in [1.807, 2.05) is 24.3 Å². The summed E-state index contributed by atoms with van der Waals surface area (Å²) in [5, 5.41) is 6.88. The normalized spacial score (nSPS) is 17.2. The van der Waals surface area contributed by atoms with Crippen molar-refractivity contribution in [1.82, 2.24) is 14.7 Å². The van der Waals surface area contributed by atoms with Crippen molar-refractivity contribution in [2.24, 2.45) is 13.0 Å². The minimum atomic E-state index is -0.349. The second kappa shape index (κ2) is 6.74. The number of nitrogens with one attached hydrogen (secondary N) is 1. The van der Waals surface area contributed by atoms with Crippen molar-refractivity contribution in [2.75, 3.05) is 19.0 Å². The van der Waals surface area contributed by atoms with Crippen LogP contribution < -0.4 is 10.1 Å². The van der Waals surface area contributed by atoms with Gasteiger partial charge < -0.3 is 15.0 Å². The summed E-state index contributed by atoms with van der Waals surface area (Å²) in [5.74, 6) is 0.756. The maximum Gasteiger partial charge on any atom is 0.230 e. The molecule has 7 nitrogen and oxygen atoms in total. The lowest BCUT2D eigenvalue weighted by Crippen LogP contribution is -2.28. The Hall–Kier alpha value is -2.83.